The fraction of sp³-hybridized carbons (Fsp3) is 0.350. The first-order valence-corrected chi connectivity index (χ1v) is 11.5. The van der Waals surface area contributed by atoms with E-state index in [1.807, 2.05) is 24.3 Å². The number of carbonyl (C=O) groups is 1. The highest BCUT2D eigenvalue weighted by Gasteiger charge is 2.45. The summed E-state index contributed by atoms with van der Waals surface area (Å²) in [7, 11) is -4.04. The molecule has 1 saturated carbocycles. The monoisotopic (exact) mass is 482 g/mol. The summed E-state index contributed by atoms with van der Waals surface area (Å²) in [6.07, 6.45) is 1.58. The Morgan fingerprint density at radius 3 is 2.38 bits per heavy atom. The highest BCUT2D eigenvalue weighted by Crippen LogP contribution is 2.46. The molecule has 0 unspecified atom stereocenters. The number of amides is 1. The molecule has 2 fully saturated rings. The first kappa shape index (κ1) is 20.5. The van der Waals surface area contributed by atoms with Crippen LogP contribution in [0, 0.1) is 5.82 Å². The molecule has 9 heteroatoms. The van der Waals surface area contributed by atoms with Gasteiger partial charge in [-0.3, -0.25) is 4.79 Å². The lowest BCUT2D eigenvalue weighted by Crippen LogP contribution is -2.41. The normalized spacial score (nSPS) is 19.0. The van der Waals surface area contributed by atoms with Crippen LogP contribution in [0.1, 0.15) is 28.8 Å². The first-order chi connectivity index (χ1) is 13.8. The number of nitrogens with zero attached hydrogens (tertiary/aromatic N) is 1. The summed E-state index contributed by atoms with van der Waals surface area (Å²) in [5.74, 6) is -1.30. The number of carbonyl (C=O) groups excluding carboxylic acids is 1. The van der Waals surface area contributed by atoms with Crippen molar-refractivity contribution in [3.63, 3.8) is 0 Å². The Morgan fingerprint density at radius 2 is 1.76 bits per heavy atom. The zero-order chi connectivity index (χ0) is 20.6. The van der Waals surface area contributed by atoms with E-state index in [1.165, 1.54) is 10.4 Å². The quantitative estimate of drug-likeness (QED) is 0.710. The molecule has 0 aromatic heterocycles. The van der Waals surface area contributed by atoms with Crippen LogP contribution in [0.4, 0.5) is 4.39 Å². The van der Waals surface area contributed by atoms with E-state index in [0.29, 0.717) is 0 Å². The van der Waals surface area contributed by atoms with Crippen molar-refractivity contribution in [2.45, 2.75) is 23.3 Å². The van der Waals surface area contributed by atoms with E-state index in [-0.39, 0.29) is 31.9 Å². The summed E-state index contributed by atoms with van der Waals surface area (Å²) >= 11 is 3.39. The predicted molar refractivity (Wildman–Crippen MR) is 108 cm³/mol. The second-order valence-corrected chi connectivity index (χ2v) is 10.0. The van der Waals surface area contributed by atoms with Crippen molar-refractivity contribution in [1.82, 2.24) is 9.62 Å². The van der Waals surface area contributed by atoms with Crippen molar-refractivity contribution >= 4 is 31.9 Å². The highest BCUT2D eigenvalue weighted by molar-refractivity contribution is 9.10. The van der Waals surface area contributed by atoms with Crippen LogP contribution >= 0.6 is 15.9 Å². The zero-order valence-electron chi connectivity index (χ0n) is 15.5. The summed E-state index contributed by atoms with van der Waals surface area (Å²) in [6.45, 7) is 0.837. The Balaban J connectivity index is 1.58. The number of halogens is 2. The molecule has 0 spiro atoms. The fourth-order valence-electron chi connectivity index (χ4n) is 3.44. The van der Waals surface area contributed by atoms with Gasteiger partial charge in [0.2, 0.25) is 10.0 Å². The molecule has 2 aromatic rings. The smallest absolute Gasteiger partial charge is 0.252 e. The van der Waals surface area contributed by atoms with Crippen LogP contribution in [0.15, 0.2) is 51.8 Å². The van der Waals surface area contributed by atoms with Gasteiger partial charge >= 0.3 is 0 Å². The molecule has 2 aromatic carbocycles. The van der Waals surface area contributed by atoms with Crippen molar-refractivity contribution in [2.24, 2.45) is 0 Å². The Kier molecular flexibility index (Phi) is 5.50. The van der Waals surface area contributed by atoms with Gasteiger partial charge in [-0.2, -0.15) is 4.31 Å². The number of benzene rings is 2. The minimum atomic E-state index is -4.04. The molecule has 4 rings (SSSR count). The van der Waals surface area contributed by atoms with Crippen LogP contribution in [0.3, 0.4) is 0 Å². The Labute approximate surface area is 177 Å². The third kappa shape index (κ3) is 4.09. The number of morpholine rings is 1. The van der Waals surface area contributed by atoms with Gasteiger partial charge < -0.3 is 10.1 Å². The molecule has 2 aliphatic rings. The van der Waals surface area contributed by atoms with Crippen molar-refractivity contribution in [3.8, 4) is 0 Å². The highest BCUT2D eigenvalue weighted by atomic mass is 79.9. The van der Waals surface area contributed by atoms with Gasteiger partial charge in [-0.15, -0.1) is 0 Å². The predicted octanol–water partition coefficient (Wildman–Crippen LogP) is 3.03. The van der Waals surface area contributed by atoms with Gasteiger partial charge in [-0.05, 0) is 48.7 Å². The van der Waals surface area contributed by atoms with Crippen molar-refractivity contribution in [2.75, 3.05) is 26.3 Å². The van der Waals surface area contributed by atoms with Crippen LogP contribution < -0.4 is 5.32 Å². The second-order valence-electron chi connectivity index (χ2n) is 7.20. The van der Waals surface area contributed by atoms with Gasteiger partial charge in [0.1, 0.15) is 10.7 Å². The van der Waals surface area contributed by atoms with Gasteiger partial charge in [0, 0.05) is 23.1 Å². The number of ether oxygens (including phenoxy) is 1. The molecule has 154 valence electrons. The Morgan fingerprint density at radius 1 is 1.10 bits per heavy atom. The van der Waals surface area contributed by atoms with E-state index in [0.717, 1.165) is 35.0 Å². The minimum Gasteiger partial charge on any atom is -0.379 e. The lowest BCUT2D eigenvalue weighted by molar-refractivity contribution is 0.0729. The maximum absolute atomic E-state index is 14.4. The van der Waals surface area contributed by atoms with Crippen molar-refractivity contribution < 1.29 is 22.3 Å². The standard InChI is InChI=1S/C20H20BrFN2O4S/c21-16-4-2-15(3-5-16)20(7-8-20)23-19(25)14-1-6-17(22)18(13-14)29(26,27)24-9-11-28-12-10-24/h1-6,13H,7-12H2,(H,23,25). The lowest BCUT2D eigenvalue weighted by Gasteiger charge is -2.26. The van der Waals surface area contributed by atoms with Crippen LogP contribution in [-0.2, 0) is 20.3 Å². The largest absolute Gasteiger partial charge is 0.379 e. The summed E-state index contributed by atoms with van der Waals surface area (Å²) in [5.41, 5.74) is 0.633. The fourth-order valence-corrected chi connectivity index (χ4v) is 5.20. The van der Waals surface area contributed by atoms with E-state index in [9.17, 15) is 17.6 Å². The topological polar surface area (TPSA) is 75.7 Å². The summed E-state index contributed by atoms with van der Waals surface area (Å²) < 4.78 is 47.3. The van der Waals surface area contributed by atoms with Crippen molar-refractivity contribution in [1.29, 1.82) is 0 Å². The third-order valence-electron chi connectivity index (χ3n) is 5.28. The number of nitrogens with one attached hydrogen (secondary N) is 1. The zero-order valence-corrected chi connectivity index (χ0v) is 17.9. The third-order valence-corrected chi connectivity index (χ3v) is 7.72. The van der Waals surface area contributed by atoms with Crippen LogP contribution in [-0.4, -0.2) is 44.9 Å². The first-order valence-electron chi connectivity index (χ1n) is 9.28. The molecule has 1 aliphatic heterocycles. The van der Waals surface area contributed by atoms with E-state index in [1.54, 1.807) is 0 Å². The Bertz CT molecular complexity index is 1030. The van der Waals surface area contributed by atoms with Gasteiger partial charge in [0.05, 0.1) is 18.8 Å². The second kappa shape index (κ2) is 7.79. The molecule has 1 saturated heterocycles. The van der Waals surface area contributed by atoms with E-state index in [4.69, 9.17) is 4.74 Å². The molecule has 0 radical (unpaired) electrons. The maximum Gasteiger partial charge on any atom is 0.252 e. The van der Waals surface area contributed by atoms with Gasteiger partial charge in [-0.25, -0.2) is 12.8 Å². The van der Waals surface area contributed by atoms with E-state index >= 15 is 0 Å². The van der Waals surface area contributed by atoms with E-state index in [2.05, 4.69) is 21.2 Å². The average molecular weight is 483 g/mol. The molecular formula is C20H20BrFN2O4S. The number of rotatable bonds is 5. The maximum atomic E-state index is 14.4. The van der Waals surface area contributed by atoms with Gasteiger partial charge in [0.25, 0.3) is 5.91 Å². The molecule has 6 nitrogen and oxygen atoms in total. The molecule has 0 bridgehead atoms. The van der Waals surface area contributed by atoms with E-state index < -0.39 is 32.2 Å². The summed E-state index contributed by atoms with van der Waals surface area (Å²) in [6, 6.07) is 11.2. The molecule has 1 amide bonds. The lowest BCUT2D eigenvalue weighted by atomic mass is 10.0. The van der Waals surface area contributed by atoms with Gasteiger partial charge in [-0.1, -0.05) is 28.1 Å². The number of hydrogen-bond acceptors (Lipinski definition) is 4. The molecule has 0 atom stereocenters. The molecule has 1 aliphatic carbocycles. The number of hydrogen-bond donors (Lipinski definition) is 1. The number of sulfonamides is 1. The molecule has 1 N–H and O–H groups in total. The molecular weight excluding hydrogens is 463 g/mol. The van der Waals surface area contributed by atoms with Gasteiger partial charge in [0.15, 0.2) is 0 Å². The molecule has 1 heterocycles. The average Bonchev–Trinajstić information content (AvgIpc) is 3.49. The minimum absolute atomic E-state index is 0.113. The molecule has 29 heavy (non-hydrogen) atoms. The summed E-state index contributed by atoms with van der Waals surface area (Å²) in [5, 5.41) is 2.99. The van der Waals surface area contributed by atoms with Crippen molar-refractivity contribution in [3.05, 3.63) is 63.9 Å². The van der Waals surface area contributed by atoms with Crippen LogP contribution in [0.25, 0.3) is 0 Å². The summed E-state index contributed by atoms with van der Waals surface area (Å²) in [4.78, 5) is 12.4. The van der Waals surface area contributed by atoms with Crippen LogP contribution in [0.2, 0.25) is 0 Å². The Hall–Kier alpha value is -1.81. The SMILES string of the molecule is O=C(NC1(c2ccc(Br)cc2)CC1)c1ccc(F)c(S(=O)(=O)N2CCOCC2)c1. The van der Waals surface area contributed by atoms with Crippen LogP contribution in [0.5, 0.6) is 0 Å².